The third-order valence-electron chi connectivity index (χ3n) is 3.86. The molecule has 2 heterocycles. The van der Waals surface area contributed by atoms with Crippen molar-refractivity contribution in [1.29, 1.82) is 0 Å². The van der Waals surface area contributed by atoms with Crippen molar-refractivity contribution in [1.82, 2.24) is 14.6 Å². The third-order valence-corrected chi connectivity index (χ3v) is 3.86. The van der Waals surface area contributed by atoms with Crippen LogP contribution < -0.4 is 5.43 Å². The maximum absolute atomic E-state index is 4.45. The predicted octanol–water partition coefficient (Wildman–Crippen LogP) is 3.04. The predicted molar refractivity (Wildman–Crippen MR) is 76.2 cm³/mol. The van der Waals surface area contributed by atoms with E-state index in [4.69, 9.17) is 0 Å². The van der Waals surface area contributed by atoms with Gasteiger partial charge in [-0.3, -0.25) is 10.1 Å². The quantitative estimate of drug-likeness (QED) is 0.840. The maximum atomic E-state index is 4.45. The molecule has 19 heavy (non-hydrogen) atoms. The molecule has 2 aromatic rings. The van der Waals surface area contributed by atoms with Crippen LogP contribution in [0.2, 0.25) is 0 Å². The molecule has 4 nitrogen and oxygen atoms in total. The van der Waals surface area contributed by atoms with Crippen molar-refractivity contribution in [2.75, 3.05) is 5.43 Å². The van der Waals surface area contributed by atoms with Gasteiger partial charge in [-0.2, -0.15) is 0 Å². The zero-order chi connectivity index (χ0) is 13.2. The van der Waals surface area contributed by atoms with Gasteiger partial charge in [0.05, 0.1) is 0 Å². The van der Waals surface area contributed by atoms with E-state index in [-0.39, 0.29) is 0 Å². The molecule has 0 amide bonds. The van der Waals surface area contributed by atoms with Gasteiger partial charge in [-0.05, 0) is 51.7 Å². The molecule has 4 heteroatoms. The number of aryl methyl sites for hydroxylation is 3. The lowest BCUT2D eigenvalue weighted by molar-refractivity contribution is 0.708. The van der Waals surface area contributed by atoms with Crippen LogP contribution in [0.15, 0.2) is 18.5 Å². The smallest absolute Gasteiger partial charge is 0.151 e. The molecule has 0 fully saturated rings. The SMILES string of the molecule is Cc1ccc(C)n1Nc1ncnc2c1CCCCC2. The average molecular weight is 256 g/mol. The highest BCUT2D eigenvalue weighted by Gasteiger charge is 2.15. The van der Waals surface area contributed by atoms with Crippen molar-refractivity contribution >= 4 is 5.82 Å². The van der Waals surface area contributed by atoms with Crippen molar-refractivity contribution in [2.45, 2.75) is 46.0 Å². The number of aromatic nitrogens is 3. The fourth-order valence-electron chi connectivity index (χ4n) is 2.74. The summed E-state index contributed by atoms with van der Waals surface area (Å²) in [5, 5.41) is 0. The number of nitrogens with one attached hydrogen (secondary N) is 1. The summed E-state index contributed by atoms with van der Waals surface area (Å²) in [6.45, 7) is 4.19. The molecule has 0 saturated heterocycles. The van der Waals surface area contributed by atoms with E-state index in [0.29, 0.717) is 0 Å². The molecule has 1 aliphatic carbocycles. The van der Waals surface area contributed by atoms with E-state index in [9.17, 15) is 0 Å². The highest BCUT2D eigenvalue weighted by atomic mass is 15.4. The fraction of sp³-hybridized carbons (Fsp3) is 0.467. The summed E-state index contributed by atoms with van der Waals surface area (Å²) in [6, 6.07) is 4.23. The van der Waals surface area contributed by atoms with Crippen LogP contribution in [0.4, 0.5) is 5.82 Å². The Balaban J connectivity index is 1.97. The topological polar surface area (TPSA) is 42.7 Å². The first-order chi connectivity index (χ1) is 9.25. The van der Waals surface area contributed by atoms with Crippen LogP contribution in [0.25, 0.3) is 0 Å². The second-order valence-electron chi connectivity index (χ2n) is 5.27. The fourth-order valence-corrected chi connectivity index (χ4v) is 2.74. The maximum Gasteiger partial charge on any atom is 0.151 e. The van der Waals surface area contributed by atoms with E-state index in [1.165, 1.54) is 41.9 Å². The lowest BCUT2D eigenvalue weighted by Gasteiger charge is -2.16. The zero-order valence-electron chi connectivity index (χ0n) is 11.6. The van der Waals surface area contributed by atoms with Gasteiger partial charge in [0, 0.05) is 22.6 Å². The molecular formula is C15H20N4. The van der Waals surface area contributed by atoms with Gasteiger partial charge in [0.15, 0.2) is 5.82 Å². The molecule has 0 atom stereocenters. The van der Waals surface area contributed by atoms with Crippen molar-refractivity contribution < 1.29 is 0 Å². The van der Waals surface area contributed by atoms with Crippen LogP contribution in [0.1, 0.15) is 41.9 Å². The number of anilines is 1. The van der Waals surface area contributed by atoms with Gasteiger partial charge in [0.2, 0.25) is 0 Å². The van der Waals surface area contributed by atoms with Gasteiger partial charge >= 0.3 is 0 Å². The summed E-state index contributed by atoms with van der Waals surface area (Å²) < 4.78 is 2.09. The van der Waals surface area contributed by atoms with E-state index < -0.39 is 0 Å². The Labute approximate surface area is 113 Å². The minimum Gasteiger partial charge on any atom is -0.277 e. The lowest BCUT2D eigenvalue weighted by Crippen LogP contribution is -2.16. The van der Waals surface area contributed by atoms with Crippen LogP contribution in [0, 0.1) is 13.8 Å². The Kier molecular flexibility index (Phi) is 3.23. The molecule has 0 bridgehead atoms. The summed E-state index contributed by atoms with van der Waals surface area (Å²) in [6.07, 6.45) is 7.61. The summed E-state index contributed by atoms with van der Waals surface area (Å²) in [4.78, 5) is 8.90. The van der Waals surface area contributed by atoms with Crippen molar-refractivity contribution in [3.63, 3.8) is 0 Å². The van der Waals surface area contributed by atoms with Crippen LogP contribution in [-0.2, 0) is 12.8 Å². The number of hydrogen-bond donors (Lipinski definition) is 1. The Bertz CT molecular complexity index is 566. The lowest BCUT2D eigenvalue weighted by atomic mass is 10.1. The molecule has 1 aliphatic rings. The normalized spacial score (nSPS) is 14.8. The van der Waals surface area contributed by atoms with E-state index in [1.54, 1.807) is 6.33 Å². The van der Waals surface area contributed by atoms with E-state index in [1.807, 2.05) is 0 Å². The number of rotatable bonds is 2. The Morgan fingerprint density at radius 3 is 2.53 bits per heavy atom. The Morgan fingerprint density at radius 1 is 1.00 bits per heavy atom. The van der Waals surface area contributed by atoms with Gasteiger partial charge in [0.1, 0.15) is 6.33 Å². The number of nitrogens with zero attached hydrogens (tertiary/aromatic N) is 3. The molecular weight excluding hydrogens is 236 g/mol. The molecule has 2 aromatic heterocycles. The van der Waals surface area contributed by atoms with E-state index in [2.05, 4.69) is 46.1 Å². The first kappa shape index (κ1) is 12.2. The van der Waals surface area contributed by atoms with E-state index >= 15 is 0 Å². The van der Waals surface area contributed by atoms with Crippen molar-refractivity contribution in [3.05, 3.63) is 41.1 Å². The first-order valence-corrected chi connectivity index (χ1v) is 7.00. The molecule has 100 valence electrons. The van der Waals surface area contributed by atoms with Gasteiger partial charge in [-0.15, -0.1) is 0 Å². The number of fused-ring (bicyclic) bond motifs is 1. The highest BCUT2D eigenvalue weighted by Crippen LogP contribution is 2.24. The third kappa shape index (κ3) is 2.35. The second kappa shape index (κ2) is 5.03. The monoisotopic (exact) mass is 256 g/mol. The molecule has 0 saturated carbocycles. The molecule has 0 spiro atoms. The Hall–Kier alpha value is -1.84. The molecule has 0 unspecified atom stereocenters. The van der Waals surface area contributed by atoms with Crippen molar-refractivity contribution in [3.8, 4) is 0 Å². The second-order valence-corrected chi connectivity index (χ2v) is 5.27. The Morgan fingerprint density at radius 2 is 1.74 bits per heavy atom. The zero-order valence-corrected chi connectivity index (χ0v) is 11.6. The first-order valence-electron chi connectivity index (χ1n) is 7.00. The van der Waals surface area contributed by atoms with Gasteiger partial charge < -0.3 is 0 Å². The molecule has 0 aromatic carbocycles. The largest absolute Gasteiger partial charge is 0.277 e. The standard InChI is InChI=1S/C15H20N4/c1-11-8-9-12(2)19(11)18-15-13-6-4-3-5-7-14(13)16-10-17-15/h8-10H,3-7H2,1-2H3,(H,16,17,18). The van der Waals surface area contributed by atoms with Crippen LogP contribution in [0.3, 0.4) is 0 Å². The van der Waals surface area contributed by atoms with Crippen LogP contribution >= 0.6 is 0 Å². The van der Waals surface area contributed by atoms with Crippen LogP contribution in [-0.4, -0.2) is 14.6 Å². The minimum absolute atomic E-state index is 0.967. The highest BCUT2D eigenvalue weighted by molar-refractivity contribution is 5.47. The summed E-state index contributed by atoms with van der Waals surface area (Å²) >= 11 is 0. The van der Waals surface area contributed by atoms with E-state index in [0.717, 1.165) is 18.7 Å². The molecule has 1 N–H and O–H groups in total. The minimum atomic E-state index is 0.967. The number of hydrogen-bond acceptors (Lipinski definition) is 3. The van der Waals surface area contributed by atoms with Gasteiger partial charge in [-0.25, -0.2) is 9.97 Å². The summed E-state index contributed by atoms with van der Waals surface area (Å²) in [5.41, 5.74) is 8.35. The van der Waals surface area contributed by atoms with Gasteiger partial charge in [0.25, 0.3) is 0 Å². The van der Waals surface area contributed by atoms with Crippen LogP contribution in [0.5, 0.6) is 0 Å². The molecule has 0 radical (unpaired) electrons. The molecule has 3 rings (SSSR count). The average Bonchev–Trinajstić information content (AvgIpc) is 2.65. The summed E-state index contributed by atoms with van der Waals surface area (Å²) in [5.74, 6) is 0.967. The van der Waals surface area contributed by atoms with Gasteiger partial charge in [-0.1, -0.05) is 6.42 Å². The summed E-state index contributed by atoms with van der Waals surface area (Å²) in [7, 11) is 0. The molecule has 0 aliphatic heterocycles. The van der Waals surface area contributed by atoms with Crippen molar-refractivity contribution in [2.24, 2.45) is 0 Å².